The van der Waals surface area contributed by atoms with E-state index in [0.717, 1.165) is 5.69 Å². The maximum atomic E-state index is 12.7. The van der Waals surface area contributed by atoms with Gasteiger partial charge >= 0.3 is 0 Å². The van der Waals surface area contributed by atoms with E-state index >= 15 is 0 Å². The third kappa shape index (κ3) is 2.40. The molecule has 1 aromatic heterocycles. The minimum atomic E-state index is -0.0451. The molecule has 23 heavy (non-hydrogen) atoms. The van der Waals surface area contributed by atoms with Gasteiger partial charge in [0.25, 0.3) is 0 Å². The summed E-state index contributed by atoms with van der Waals surface area (Å²) in [7, 11) is 0. The van der Waals surface area contributed by atoms with E-state index < -0.39 is 0 Å². The van der Waals surface area contributed by atoms with Crippen molar-refractivity contribution in [3.63, 3.8) is 0 Å². The van der Waals surface area contributed by atoms with Crippen molar-refractivity contribution in [2.75, 3.05) is 0 Å². The van der Waals surface area contributed by atoms with Crippen molar-refractivity contribution in [1.82, 2.24) is 15.0 Å². The van der Waals surface area contributed by atoms with Gasteiger partial charge in [-0.3, -0.25) is 4.79 Å². The molecule has 4 rings (SSSR count). The van der Waals surface area contributed by atoms with Crippen molar-refractivity contribution >= 4 is 16.8 Å². The Bertz CT molecular complexity index is 975. The molecule has 0 bridgehead atoms. The lowest BCUT2D eigenvalue weighted by Crippen LogP contribution is -2.02. The molecule has 0 aliphatic carbocycles. The van der Waals surface area contributed by atoms with Gasteiger partial charge < -0.3 is 0 Å². The van der Waals surface area contributed by atoms with Gasteiger partial charge in [-0.1, -0.05) is 54.6 Å². The van der Waals surface area contributed by atoms with Crippen LogP contribution in [0.25, 0.3) is 16.7 Å². The summed E-state index contributed by atoms with van der Waals surface area (Å²) in [6, 6.07) is 24.4. The van der Waals surface area contributed by atoms with Gasteiger partial charge in [0.15, 0.2) is 5.78 Å². The molecule has 3 aromatic carbocycles. The Labute approximate surface area is 133 Å². The van der Waals surface area contributed by atoms with Crippen LogP contribution in [-0.4, -0.2) is 20.8 Å². The smallest absolute Gasteiger partial charge is 0.195 e. The van der Waals surface area contributed by atoms with Gasteiger partial charge in [-0.15, -0.1) is 10.2 Å². The van der Waals surface area contributed by atoms with Crippen LogP contribution in [0.3, 0.4) is 0 Å². The lowest BCUT2D eigenvalue weighted by molar-refractivity contribution is 0.104. The first-order valence-corrected chi connectivity index (χ1v) is 7.34. The Balaban J connectivity index is 1.85. The molecule has 0 radical (unpaired) electrons. The fraction of sp³-hybridized carbons (Fsp3) is 0. The van der Waals surface area contributed by atoms with Crippen molar-refractivity contribution in [3.8, 4) is 5.69 Å². The first kappa shape index (κ1) is 13.4. The van der Waals surface area contributed by atoms with Crippen molar-refractivity contribution in [1.29, 1.82) is 0 Å². The summed E-state index contributed by atoms with van der Waals surface area (Å²) in [5.41, 5.74) is 3.40. The third-order valence-electron chi connectivity index (χ3n) is 3.68. The van der Waals surface area contributed by atoms with Gasteiger partial charge in [-0.2, -0.15) is 4.80 Å². The highest BCUT2D eigenvalue weighted by molar-refractivity contribution is 6.15. The molecule has 0 spiro atoms. The molecular formula is C19H13N3O. The van der Waals surface area contributed by atoms with Crippen molar-refractivity contribution in [3.05, 3.63) is 90.0 Å². The number of fused-ring (bicyclic) bond motifs is 1. The zero-order chi connectivity index (χ0) is 15.6. The number of carbonyl (C=O) groups is 1. The molecule has 110 valence electrons. The minimum absolute atomic E-state index is 0.0451. The average Bonchev–Trinajstić information content (AvgIpc) is 3.07. The van der Waals surface area contributed by atoms with Crippen molar-refractivity contribution < 1.29 is 4.79 Å². The average molecular weight is 299 g/mol. The van der Waals surface area contributed by atoms with Crippen LogP contribution in [0, 0.1) is 0 Å². The van der Waals surface area contributed by atoms with E-state index in [1.165, 1.54) is 0 Å². The molecule has 0 amide bonds. The highest BCUT2D eigenvalue weighted by Crippen LogP contribution is 2.19. The molecule has 0 N–H and O–H groups in total. The number of nitrogens with zero attached hydrogens (tertiary/aromatic N) is 3. The molecular weight excluding hydrogens is 286 g/mol. The lowest BCUT2D eigenvalue weighted by atomic mass is 10.0. The number of benzene rings is 3. The second-order valence-electron chi connectivity index (χ2n) is 5.19. The summed E-state index contributed by atoms with van der Waals surface area (Å²) in [6.45, 7) is 0. The van der Waals surface area contributed by atoms with E-state index in [1.54, 1.807) is 10.9 Å². The maximum absolute atomic E-state index is 12.7. The molecule has 0 saturated carbocycles. The van der Waals surface area contributed by atoms with Gasteiger partial charge in [-0.25, -0.2) is 0 Å². The zero-order valence-electron chi connectivity index (χ0n) is 12.3. The van der Waals surface area contributed by atoms with Crippen LogP contribution < -0.4 is 0 Å². The van der Waals surface area contributed by atoms with Crippen LogP contribution in [0.4, 0.5) is 0 Å². The molecule has 0 aliphatic rings. The Hall–Kier alpha value is -3.27. The van der Waals surface area contributed by atoms with Crippen molar-refractivity contribution in [2.45, 2.75) is 0 Å². The van der Waals surface area contributed by atoms with Gasteiger partial charge in [0, 0.05) is 5.56 Å². The number of hydrogen-bond acceptors (Lipinski definition) is 3. The Kier molecular flexibility index (Phi) is 3.20. The summed E-state index contributed by atoms with van der Waals surface area (Å²) >= 11 is 0. The Morgan fingerprint density at radius 2 is 1.43 bits per heavy atom. The standard InChI is InChI=1S/C19H13N3O/c23-19(14-8-3-1-4-9-14)16-12-7-13-17-18(16)21-22(20-17)15-10-5-2-6-11-15/h1-13H. The monoisotopic (exact) mass is 299 g/mol. The topological polar surface area (TPSA) is 47.8 Å². The van der Waals surface area contributed by atoms with Crippen LogP contribution in [-0.2, 0) is 0 Å². The summed E-state index contributed by atoms with van der Waals surface area (Å²) in [6.07, 6.45) is 0. The fourth-order valence-electron chi connectivity index (χ4n) is 2.54. The van der Waals surface area contributed by atoms with E-state index in [9.17, 15) is 4.79 Å². The first-order valence-electron chi connectivity index (χ1n) is 7.34. The summed E-state index contributed by atoms with van der Waals surface area (Å²) in [5, 5.41) is 8.99. The van der Waals surface area contributed by atoms with Gasteiger partial charge in [0.1, 0.15) is 11.0 Å². The molecule has 0 fully saturated rings. The van der Waals surface area contributed by atoms with Gasteiger partial charge in [0.2, 0.25) is 0 Å². The molecule has 0 aliphatic heterocycles. The molecule has 1 heterocycles. The second kappa shape index (κ2) is 5.50. The molecule has 4 heteroatoms. The van der Waals surface area contributed by atoms with Crippen LogP contribution in [0.1, 0.15) is 15.9 Å². The van der Waals surface area contributed by atoms with Crippen molar-refractivity contribution in [2.24, 2.45) is 0 Å². The number of carbonyl (C=O) groups excluding carboxylic acids is 1. The Morgan fingerprint density at radius 1 is 0.739 bits per heavy atom. The van der Waals surface area contributed by atoms with E-state index in [1.807, 2.05) is 72.8 Å². The van der Waals surface area contributed by atoms with Gasteiger partial charge in [0.05, 0.1) is 11.3 Å². The van der Waals surface area contributed by atoms with Crippen LogP contribution >= 0.6 is 0 Å². The highest BCUT2D eigenvalue weighted by atomic mass is 16.1. The first-order chi connectivity index (χ1) is 11.3. The Morgan fingerprint density at radius 3 is 2.17 bits per heavy atom. The zero-order valence-corrected chi connectivity index (χ0v) is 12.3. The fourth-order valence-corrected chi connectivity index (χ4v) is 2.54. The number of rotatable bonds is 3. The molecule has 4 nitrogen and oxygen atoms in total. The molecule has 0 saturated heterocycles. The predicted molar refractivity (Wildman–Crippen MR) is 88.7 cm³/mol. The van der Waals surface area contributed by atoms with Crippen LogP contribution in [0.2, 0.25) is 0 Å². The highest BCUT2D eigenvalue weighted by Gasteiger charge is 2.16. The van der Waals surface area contributed by atoms with Crippen LogP contribution in [0.15, 0.2) is 78.9 Å². The third-order valence-corrected chi connectivity index (χ3v) is 3.68. The molecule has 0 unspecified atom stereocenters. The van der Waals surface area contributed by atoms with Crippen LogP contribution in [0.5, 0.6) is 0 Å². The van der Waals surface area contributed by atoms with E-state index in [0.29, 0.717) is 22.2 Å². The molecule has 0 atom stereocenters. The SMILES string of the molecule is O=C(c1ccccc1)c1cccc2nn(-c3ccccc3)nc12. The normalized spacial score (nSPS) is 10.8. The quantitative estimate of drug-likeness (QED) is 0.542. The lowest BCUT2D eigenvalue weighted by Gasteiger charge is -2.01. The minimum Gasteiger partial charge on any atom is -0.289 e. The van der Waals surface area contributed by atoms with E-state index in [4.69, 9.17) is 0 Å². The number of para-hydroxylation sites is 1. The second-order valence-corrected chi connectivity index (χ2v) is 5.19. The number of ketones is 1. The maximum Gasteiger partial charge on any atom is 0.195 e. The summed E-state index contributed by atoms with van der Waals surface area (Å²) in [5.74, 6) is -0.0451. The summed E-state index contributed by atoms with van der Waals surface area (Å²) in [4.78, 5) is 14.3. The van der Waals surface area contributed by atoms with E-state index in [-0.39, 0.29) is 5.78 Å². The van der Waals surface area contributed by atoms with Gasteiger partial charge in [-0.05, 0) is 24.3 Å². The number of aromatic nitrogens is 3. The largest absolute Gasteiger partial charge is 0.289 e. The number of hydrogen-bond donors (Lipinski definition) is 0. The predicted octanol–water partition coefficient (Wildman–Crippen LogP) is 3.65. The molecule has 4 aromatic rings. The van der Waals surface area contributed by atoms with E-state index in [2.05, 4.69) is 10.2 Å². The summed E-state index contributed by atoms with van der Waals surface area (Å²) < 4.78 is 0.